The lowest BCUT2D eigenvalue weighted by atomic mass is 10.0. The number of aliphatic carboxylic acids is 1. The molecule has 13 nitrogen and oxygen atoms in total. The number of hydrogen-bond acceptors (Lipinski definition) is 15. The van der Waals surface area contributed by atoms with E-state index in [4.69, 9.17) is 11.5 Å². The SMILES string of the molecule is NCCSCc1nnsc1SC1=C(C(=O)O)N2C(=O)[C@@H](NC(=O)/C(=N\O)c3csc(N)n3)[C@@H]2SC1. The van der Waals surface area contributed by atoms with Gasteiger partial charge in [-0.1, -0.05) is 21.4 Å². The third kappa shape index (κ3) is 5.26. The van der Waals surface area contributed by atoms with Crippen LogP contribution in [-0.4, -0.2) is 82.7 Å². The smallest absolute Gasteiger partial charge is 0.353 e. The Morgan fingerprint density at radius 3 is 2.86 bits per heavy atom. The summed E-state index contributed by atoms with van der Waals surface area (Å²) in [5.74, 6) is -0.990. The highest BCUT2D eigenvalue weighted by atomic mass is 32.2. The fourth-order valence-electron chi connectivity index (χ4n) is 3.22. The van der Waals surface area contributed by atoms with Crippen LogP contribution in [0.1, 0.15) is 11.4 Å². The molecule has 18 heteroatoms. The first-order chi connectivity index (χ1) is 16.8. The van der Waals surface area contributed by atoms with E-state index in [2.05, 4.69) is 25.0 Å². The molecule has 2 aromatic heterocycles. The summed E-state index contributed by atoms with van der Waals surface area (Å²) >= 11 is 6.37. The van der Waals surface area contributed by atoms with Crippen molar-refractivity contribution in [2.75, 3.05) is 23.8 Å². The normalized spacial score (nSPS) is 20.0. The molecule has 2 aliphatic heterocycles. The van der Waals surface area contributed by atoms with E-state index in [-0.39, 0.29) is 16.5 Å². The summed E-state index contributed by atoms with van der Waals surface area (Å²) < 4.78 is 4.73. The number of nitrogens with two attached hydrogens (primary N) is 2. The lowest BCUT2D eigenvalue weighted by Crippen LogP contribution is -2.71. The minimum atomic E-state index is -1.25. The zero-order valence-corrected chi connectivity index (χ0v) is 21.7. The van der Waals surface area contributed by atoms with Crippen LogP contribution in [0, 0.1) is 0 Å². The number of thioether (sulfide) groups is 3. The number of thiazole rings is 1. The van der Waals surface area contributed by atoms with Crippen LogP contribution in [-0.2, 0) is 20.1 Å². The Balaban J connectivity index is 1.49. The van der Waals surface area contributed by atoms with Crippen molar-refractivity contribution in [1.29, 1.82) is 0 Å². The molecule has 0 bridgehead atoms. The van der Waals surface area contributed by atoms with Gasteiger partial charge in [0.25, 0.3) is 11.8 Å². The van der Waals surface area contributed by atoms with Gasteiger partial charge in [0.05, 0.1) is 5.69 Å². The van der Waals surface area contributed by atoms with Gasteiger partial charge in [0, 0.05) is 34.1 Å². The molecule has 7 N–H and O–H groups in total. The summed E-state index contributed by atoms with van der Waals surface area (Å²) in [4.78, 5) is 43.2. The van der Waals surface area contributed by atoms with Gasteiger partial charge in [0.1, 0.15) is 27.0 Å². The number of carbonyl (C=O) groups excluding carboxylic acids is 2. The number of fused-ring (bicyclic) bond motifs is 1. The summed E-state index contributed by atoms with van der Waals surface area (Å²) in [7, 11) is 0. The number of aromatic nitrogens is 3. The molecule has 2 amide bonds. The van der Waals surface area contributed by atoms with Gasteiger partial charge >= 0.3 is 5.97 Å². The van der Waals surface area contributed by atoms with Gasteiger partial charge in [0.15, 0.2) is 10.8 Å². The van der Waals surface area contributed by atoms with Crippen molar-refractivity contribution >= 4 is 86.8 Å². The first kappa shape index (κ1) is 25.7. The number of anilines is 1. The van der Waals surface area contributed by atoms with Crippen LogP contribution in [0.3, 0.4) is 0 Å². The number of carbonyl (C=O) groups is 3. The van der Waals surface area contributed by atoms with Crippen LogP contribution < -0.4 is 16.8 Å². The quantitative estimate of drug-likeness (QED) is 0.0858. The highest BCUT2D eigenvalue weighted by Crippen LogP contribution is 2.46. The molecule has 0 spiro atoms. The highest BCUT2D eigenvalue weighted by Gasteiger charge is 2.54. The molecule has 186 valence electrons. The molecule has 0 radical (unpaired) electrons. The number of nitrogens with one attached hydrogen (secondary N) is 1. The standard InChI is InChI=1S/C17H18N8O5S5/c18-1-2-31-3-7-16(35-24-22-7)34-8-5-32-14-10(13(27)25(14)11(8)15(28)29)21-12(26)9(23-30)6-4-33-17(19)20-6/h4,10,14,30H,1-3,5,18H2,(H2,19,20)(H,21,26)(H,28,29)/b23-9-/t10-,14+/m1/s1. The molecule has 2 atom stereocenters. The maximum absolute atomic E-state index is 12.9. The van der Waals surface area contributed by atoms with Crippen LogP contribution in [0.25, 0.3) is 0 Å². The van der Waals surface area contributed by atoms with E-state index in [1.54, 1.807) is 11.8 Å². The Bertz CT molecular complexity index is 1210. The third-order valence-corrected chi connectivity index (χ3v) is 9.92. The van der Waals surface area contributed by atoms with E-state index in [1.165, 1.54) is 28.9 Å². The molecular weight excluding hydrogens is 557 g/mol. The van der Waals surface area contributed by atoms with Crippen molar-refractivity contribution in [3.05, 3.63) is 27.4 Å². The van der Waals surface area contributed by atoms with Gasteiger partial charge in [0.2, 0.25) is 0 Å². The Labute approximate surface area is 218 Å². The Morgan fingerprint density at radius 1 is 1.40 bits per heavy atom. The van der Waals surface area contributed by atoms with Crippen LogP contribution in [0.15, 0.2) is 25.3 Å². The van der Waals surface area contributed by atoms with Crippen LogP contribution in [0.2, 0.25) is 0 Å². The molecule has 35 heavy (non-hydrogen) atoms. The second kappa shape index (κ2) is 11.1. The minimum Gasteiger partial charge on any atom is -0.477 e. The molecular formula is C17H18N8O5S5. The largest absolute Gasteiger partial charge is 0.477 e. The summed E-state index contributed by atoms with van der Waals surface area (Å²) in [6.07, 6.45) is 0. The second-order valence-corrected chi connectivity index (χ2v) is 12.1. The van der Waals surface area contributed by atoms with Crippen molar-refractivity contribution in [2.45, 2.75) is 21.4 Å². The lowest BCUT2D eigenvalue weighted by molar-refractivity contribution is -0.150. The Morgan fingerprint density at radius 2 is 2.20 bits per heavy atom. The number of hydrogen-bond donors (Lipinski definition) is 5. The number of β-lactam (4-membered cyclic amide) rings is 1. The fraction of sp³-hybridized carbons (Fsp3) is 0.353. The summed E-state index contributed by atoms with van der Waals surface area (Å²) in [6.45, 7) is 0.537. The number of nitrogen functional groups attached to an aromatic ring is 1. The number of carboxylic acid groups (broad SMARTS) is 1. The van der Waals surface area contributed by atoms with Gasteiger partial charge in [-0.15, -0.1) is 28.2 Å². The molecule has 4 rings (SSSR count). The lowest BCUT2D eigenvalue weighted by Gasteiger charge is -2.49. The zero-order chi connectivity index (χ0) is 25.1. The minimum absolute atomic E-state index is 0.0656. The fourth-order valence-corrected chi connectivity index (χ4v) is 8.01. The average Bonchev–Trinajstić information content (AvgIpc) is 3.46. The third-order valence-electron chi connectivity index (χ3n) is 4.74. The van der Waals surface area contributed by atoms with Crippen molar-refractivity contribution in [1.82, 2.24) is 24.8 Å². The van der Waals surface area contributed by atoms with Crippen molar-refractivity contribution in [3.63, 3.8) is 0 Å². The van der Waals surface area contributed by atoms with E-state index in [9.17, 15) is 24.7 Å². The first-order valence-corrected chi connectivity index (χ1v) is 14.4. The van der Waals surface area contributed by atoms with E-state index >= 15 is 0 Å². The topological polar surface area (TPSA) is 210 Å². The van der Waals surface area contributed by atoms with E-state index in [1.807, 2.05) is 0 Å². The predicted molar refractivity (Wildman–Crippen MR) is 136 cm³/mol. The molecule has 1 saturated heterocycles. The van der Waals surface area contributed by atoms with Crippen molar-refractivity contribution in [3.8, 4) is 0 Å². The Kier molecular flexibility index (Phi) is 8.17. The molecule has 0 unspecified atom stereocenters. The van der Waals surface area contributed by atoms with Crippen molar-refractivity contribution in [2.24, 2.45) is 10.9 Å². The average molecular weight is 575 g/mol. The van der Waals surface area contributed by atoms with Gasteiger partial charge in [-0.3, -0.25) is 14.5 Å². The van der Waals surface area contributed by atoms with E-state index < -0.39 is 34.9 Å². The maximum atomic E-state index is 12.9. The molecule has 1 fully saturated rings. The molecule has 0 saturated carbocycles. The van der Waals surface area contributed by atoms with Gasteiger partial charge in [-0.05, 0) is 11.5 Å². The van der Waals surface area contributed by atoms with Crippen LogP contribution in [0.4, 0.5) is 5.13 Å². The summed E-state index contributed by atoms with van der Waals surface area (Å²) in [5, 5.41) is 29.8. The second-order valence-electron chi connectivity index (χ2n) is 6.91. The first-order valence-electron chi connectivity index (χ1n) is 9.78. The monoisotopic (exact) mass is 574 g/mol. The molecule has 0 aliphatic carbocycles. The van der Waals surface area contributed by atoms with Gasteiger partial charge in [-0.2, -0.15) is 11.8 Å². The summed E-state index contributed by atoms with van der Waals surface area (Å²) in [6, 6.07) is -0.991. The zero-order valence-electron chi connectivity index (χ0n) is 17.6. The van der Waals surface area contributed by atoms with Gasteiger partial charge < -0.3 is 27.1 Å². The molecule has 2 aromatic rings. The predicted octanol–water partition coefficient (Wildman–Crippen LogP) is 0.435. The van der Waals surface area contributed by atoms with E-state index in [0.717, 1.165) is 43.4 Å². The molecule has 0 aromatic carbocycles. The highest BCUT2D eigenvalue weighted by molar-refractivity contribution is 8.07. The van der Waals surface area contributed by atoms with Crippen LogP contribution in [0.5, 0.6) is 0 Å². The number of rotatable bonds is 10. The maximum Gasteiger partial charge on any atom is 0.353 e. The van der Waals surface area contributed by atoms with Gasteiger partial charge in [-0.25, -0.2) is 9.78 Å². The number of oxime groups is 1. The van der Waals surface area contributed by atoms with Crippen molar-refractivity contribution < 1.29 is 24.7 Å². The van der Waals surface area contributed by atoms with Crippen LogP contribution >= 0.6 is 58.2 Å². The van der Waals surface area contributed by atoms with E-state index in [0.29, 0.717) is 23.0 Å². The molecule has 4 heterocycles. The summed E-state index contributed by atoms with van der Waals surface area (Å²) in [5.41, 5.74) is 11.4. The Hall–Kier alpha value is -2.38. The number of amides is 2. The number of carboxylic acids is 1. The molecule has 2 aliphatic rings. The number of nitrogens with zero attached hydrogens (tertiary/aromatic N) is 5.